The van der Waals surface area contributed by atoms with Crippen LogP contribution in [0.1, 0.15) is 5.76 Å². The quantitative estimate of drug-likeness (QED) is 0.356. The number of aromatic nitrogens is 3. The number of carbonyl (C=O) groups is 1. The number of nitrogens with zero attached hydrogens (tertiary/aromatic N) is 3. The third-order valence-electron chi connectivity index (χ3n) is 4.70. The molecule has 0 radical (unpaired) electrons. The van der Waals surface area contributed by atoms with E-state index < -0.39 is 0 Å². The van der Waals surface area contributed by atoms with Crippen LogP contribution in [0.2, 0.25) is 0 Å². The van der Waals surface area contributed by atoms with E-state index in [9.17, 15) is 9.90 Å². The lowest BCUT2D eigenvalue weighted by atomic mass is 10.2. The molecule has 0 aliphatic heterocycles. The molecule has 1 amide bonds. The van der Waals surface area contributed by atoms with Gasteiger partial charge >= 0.3 is 0 Å². The fourth-order valence-corrected chi connectivity index (χ4v) is 3.87. The zero-order valence-corrected chi connectivity index (χ0v) is 18.8. The molecule has 2 aromatic carbocycles. The molecule has 10 heteroatoms. The molecule has 2 N–H and O–H groups in total. The van der Waals surface area contributed by atoms with Gasteiger partial charge in [-0.15, -0.1) is 10.2 Å². The Kier molecular flexibility index (Phi) is 6.84. The van der Waals surface area contributed by atoms with Crippen LogP contribution in [-0.4, -0.2) is 45.8 Å². The Labute approximate surface area is 194 Å². The summed E-state index contributed by atoms with van der Waals surface area (Å²) in [7, 11) is 3.10. The van der Waals surface area contributed by atoms with Gasteiger partial charge in [0.1, 0.15) is 23.0 Å². The molecule has 33 heavy (non-hydrogen) atoms. The standard InChI is InChI=1S/C23H22N4O5S/c1-30-19-10-16(11-20(12-19)31-2)24-21(29)14-33-23-26-25-22(15-5-7-17(28)8-6-15)27(23)13-18-4-3-9-32-18/h3-12,28H,13-14H2,1-2H3,(H,24,29). The van der Waals surface area contributed by atoms with Crippen molar-refractivity contribution in [2.24, 2.45) is 0 Å². The molecule has 4 aromatic rings. The van der Waals surface area contributed by atoms with Crippen LogP contribution in [0.3, 0.4) is 0 Å². The lowest BCUT2D eigenvalue weighted by Crippen LogP contribution is -2.15. The smallest absolute Gasteiger partial charge is 0.234 e. The molecule has 0 saturated carbocycles. The fourth-order valence-electron chi connectivity index (χ4n) is 3.13. The van der Waals surface area contributed by atoms with Gasteiger partial charge in [-0.1, -0.05) is 11.8 Å². The lowest BCUT2D eigenvalue weighted by Gasteiger charge is -2.11. The number of furan rings is 1. The number of nitrogens with one attached hydrogen (secondary N) is 1. The maximum absolute atomic E-state index is 12.6. The normalized spacial score (nSPS) is 10.7. The number of anilines is 1. The zero-order chi connectivity index (χ0) is 23.2. The van der Waals surface area contributed by atoms with Crippen LogP contribution in [0.15, 0.2) is 70.4 Å². The summed E-state index contributed by atoms with van der Waals surface area (Å²) in [5, 5.41) is 21.6. The van der Waals surface area contributed by atoms with E-state index in [0.29, 0.717) is 34.7 Å². The first kappa shape index (κ1) is 22.3. The number of amides is 1. The molecule has 0 spiro atoms. The average molecular weight is 467 g/mol. The van der Waals surface area contributed by atoms with Crippen LogP contribution in [0.25, 0.3) is 11.4 Å². The van der Waals surface area contributed by atoms with Crippen molar-refractivity contribution in [1.82, 2.24) is 14.8 Å². The number of methoxy groups -OCH3 is 2. The fraction of sp³-hybridized carbons (Fsp3) is 0.174. The molecule has 0 unspecified atom stereocenters. The molecule has 0 atom stereocenters. The van der Waals surface area contributed by atoms with Gasteiger partial charge in [-0.25, -0.2) is 0 Å². The number of rotatable bonds is 9. The van der Waals surface area contributed by atoms with Crippen molar-refractivity contribution < 1.29 is 23.8 Å². The van der Waals surface area contributed by atoms with Crippen molar-refractivity contribution in [3.8, 4) is 28.6 Å². The van der Waals surface area contributed by atoms with Crippen molar-refractivity contribution in [3.63, 3.8) is 0 Å². The maximum Gasteiger partial charge on any atom is 0.234 e. The molecule has 2 aromatic heterocycles. The number of ether oxygens (including phenoxy) is 2. The molecule has 0 saturated heterocycles. The molecule has 9 nitrogen and oxygen atoms in total. The van der Waals surface area contributed by atoms with E-state index in [1.165, 1.54) is 11.8 Å². The Balaban J connectivity index is 1.51. The van der Waals surface area contributed by atoms with Crippen LogP contribution < -0.4 is 14.8 Å². The van der Waals surface area contributed by atoms with Crippen molar-refractivity contribution >= 4 is 23.4 Å². The first-order valence-corrected chi connectivity index (χ1v) is 10.9. The summed E-state index contributed by atoms with van der Waals surface area (Å²) >= 11 is 1.26. The second kappa shape index (κ2) is 10.1. The largest absolute Gasteiger partial charge is 0.508 e. The maximum atomic E-state index is 12.6. The summed E-state index contributed by atoms with van der Waals surface area (Å²) in [4.78, 5) is 12.6. The Hall–Kier alpha value is -3.92. The zero-order valence-electron chi connectivity index (χ0n) is 18.0. The van der Waals surface area contributed by atoms with Gasteiger partial charge in [0.2, 0.25) is 5.91 Å². The van der Waals surface area contributed by atoms with Crippen LogP contribution in [-0.2, 0) is 11.3 Å². The van der Waals surface area contributed by atoms with Gasteiger partial charge in [-0.05, 0) is 36.4 Å². The van der Waals surface area contributed by atoms with Crippen molar-refractivity contribution in [2.75, 3.05) is 25.3 Å². The number of aromatic hydroxyl groups is 1. The van der Waals surface area contributed by atoms with Gasteiger partial charge in [-0.2, -0.15) is 0 Å². The monoisotopic (exact) mass is 466 g/mol. The molecule has 0 aliphatic rings. The Morgan fingerprint density at radius 2 is 1.82 bits per heavy atom. The van der Waals surface area contributed by atoms with Crippen LogP contribution in [0, 0.1) is 0 Å². The van der Waals surface area contributed by atoms with E-state index >= 15 is 0 Å². The molecule has 170 valence electrons. The van der Waals surface area contributed by atoms with E-state index in [1.54, 1.807) is 62.9 Å². The Bertz CT molecular complexity index is 1200. The molecule has 4 rings (SSSR count). The predicted molar refractivity (Wildman–Crippen MR) is 124 cm³/mol. The highest BCUT2D eigenvalue weighted by Crippen LogP contribution is 2.28. The van der Waals surface area contributed by atoms with E-state index in [-0.39, 0.29) is 17.4 Å². The lowest BCUT2D eigenvalue weighted by molar-refractivity contribution is -0.113. The number of hydrogen-bond acceptors (Lipinski definition) is 8. The molecule has 0 bridgehead atoms. The van der Waals surface area contributed by atoms with Gasteiger partial charge in [0.15, 0.2) is 11.0 Å². The van der Waals surface area contributed by atoms with E-state index in [0.717, 1.165) is 11.3 Å². The minimum atomic E-state index is -0.214. The first-order valence-electron chi connectivity index (χ1n) is 9.96. The molecule has 2 heterocycles. The molecular formula is C23H22N4O5S. The summed E-state index contributed by atoms with van der Waals surface area (Å²) in [6.07, 6.45) is 1.60. The van der Waals surface area contributed by atoms with Crippen LogP contribution in [0.5, 0.6) is 17.2 Å². The van der Waals surface area contributed by atoms with Crippen LogP contribution in [0.4, 0.5) is 5.69 Å². The van der Waals surface area contributed by atoms with E-state index in [1.807, 2.05) is 16.7 Å². The highest BCUT2D eigenvalue weighted by atomic mass is 32.2. The van der Waals surface area contributed by atoms with Crippen molar-refractivity contribution in [2.45, 2.75) is 11.7 Å². The number of thioether (sulfide) groups is 1. The van der Waals surface area contributed by atoms with Crippen LogP contribution >= 0.6 is 11.8 Å². The molecular weight excluding hydrogens is 444 g/mol. The SMILES string of the molecule is COc1cc(NC(=O)CSc2nnc(-c3ccc(O)cc3)n2Cc2ccco2)cc(OC)c1. The first-order chi connectivity index (χ1) is 16.1. The van der Waals surface area contributed by atoms with E-state index in [4.69, 9.17) is 13.9 Å². The predicted octanol–water partition coefficient (Wildman–Crippen LogP) is 4.04. The highest BCUT2D eigenvalue weighted by Gasteiger charge is 2.17. The summed E-state index contributed by atoms with van der Waals surface area (Å²) in [5.74, 6) is 2.55. The third kappa shape index (κ3) is 5.47. The van der Waals surface area contributed by atoms with Gasteiger partial charge in [0.05, 0.1) is 32.8 Å². The summed E-state index contributed by atoms with van der Waals surface area (Å²) in [6, 6.07) is 15.5. The number of hydrogen-bond donors (Lipinski definition) is 2. The van der Waals surface area contributed by atoms with Crippen molar-refractivity contribution in [1.29, 1.82) is 0 Å². The third-order valence-corrected chi connectivity index (χ3v) is 5.67. The Morgan fingerprint density at radius 3 is 2.45 bits per heavy atom. The van der Waals surface area contributed by atoms with Gasteiger partial charge in [0, 0.05) is 29.4 Å². The average Bonchev–Trinajstić information content (AvgIpc) is 3.48. The molecule has 0 fully saturated rings. The van der Waals surface area contributed by atoms with Gasteiger partial charge in [0.25, 0.3) is 0 Å². The number of phenolic OH excluding ortho intramolecular Hbond substituents is 1. The highest BCUT2D eigenvalue weighted by molar-refractivity contribution is 7.99. The minimum Gasteiger partial charge on any atom is -0.508 e. The van der Waals surface area contributed by atoms with E-state index in [2.05, 4.69) is 15.5 Å². The summed E-state index contributed by atoms with van der Waals surface area (Å²) in [5.41, 5.74) is 1.35. The summed E-state index contributed by atoms with van der Waals surface area (Å²) < 4.78 is 17.9. The number of phenols is 1. The minimum absolute atomic E-state index is 0.116. The number of carbonyl (C=O) groups excluding carboxylic acids is 1. The van der Waals surface area contributed by atoms with Gasteiger partial charge < -0.3 is 24.3 Å². The topological polar surface area (TPSA) is 112 Å². The second-order valence-corrected chi connectivity index (χ2v) is 7.90. The second-order valence-electron chi connectivity index (χ2n) is 6.96. The summed E-state index contributed by atoms with van der Waals surface area (Å²) in [6.45, 7) is 0.396. The van der Waals surface area contributed by atoms with Gasteiger partial charge in [-0.3, -0.25) is 9.36 Å². The Morgan fingerprint density at radius 1 is 1.09 bits per heavy atom. The molecule has 0 aliphatic carbocycles. The number of benzene rings is 2. The van der Waals surface area contributed by atoms with Crippen molar-refractivity contribution in [3.05, 3.63) is 66.6 Å².